The number of hydrogen-bond acceptors (Lipinski definition) is 6. The number of ether oxygens (including phenoxy) is 1. The molecule has 0 bridgehead atoms. The fraction of sp³-hybridized carbons (Fsp3) is 0.0952. The Hall–Kier alpha value is -3.03. The molecular weight excluding hydrogens is 388 g/mol. The lowest BCUT2D eigenvalue weighted by Gasteiger charge is -2.30. The van der Waals surface area contributed by atoms with Crippen LogP contribution in [0, 0.1) is 3.95 Å². The average molecular weight is 405 g/mol. The van der Waals surface area contributed by atoms with Crippen LogP contribution in [0.1, 0.15) is 16.5 Å². The Labute approximate surface area is 171 Å². The van der Waals surface area contributed by atoms with E-state index < -0.39 is 0 Å². The van der Waals surface area contributed by atoms with E-state index >= 15 is 0 Å². The lowest BCUT2D eigenvalue weighted by Crippen LogP contribution is -2.32. The molecule has 0 saturated carbocycles. The van der Waals surface area contributed by atoms with Crippen molar-refractivity contribution in [2.75, 3.05) is 12.0 Å². The molecule has 5 nitrogen and oxygen atoms in total. The summed E-state index contributed by atoms with van der Waals surface area (Å²) in [6.07, 6.45) is 5.65. The van der Waals surface area contributed by atoms with Gasteiger partial charge in [-0.25, -0.2) is 9.98 Å². The first-order chi connectivity index (χ1) is 13.8. The van der Waals surface area contributed by atoms with Gasteiger partial charge in [-0.2, -0.15) is 0 Å². The summed E-state index contributed by atoms with van der Waals surface area (Å²) in [6.45, 7) is 0. The Morgan fingerprint density at radius 1 is 1.07 bits per heavy atom. The highest BCUT2D eigenvalue weighted by molar-refractivity contribution is 7.73. The molecule has 0 fully saturated rings. The molecule has 1 atom stereocenters. The molecule has 7 heteroatoms. The molecule has 1 unspecified atom stereocenters. The number of anilines is 1. The molecule has 5 rings (SSSR count). The quantitative estimate of drug-likeness (QED) is 0.568. The maximum Gasteiger partial charge on any atom is 0.231 e. The molecule has 0 spiro atoms. The minimum Gasteiger partial charge on any atom is -0.497 e. The third-order valence-corrected chi connectivity index (χ3v) is 6.12. The van der Waals surface area contributed by atoms with E-state index in [0.29, 0.717) is 5.96 Å². The summed E-state index contributed by atoms with van der Waals surface area (Å²) < 4.78 is 8.19. The van der Waals surface area contributed by atoms with Gasteiger partial charge in [0.25, 0.3) is 0 Å². The van der Waals surface area contributed by atoms with Gasteiger partial charge in [0.15, 0.2) is 3.95 Å². The molecule has 3 aromatic rings. The maximum absolute atomic E-state index is 5.76. The van der Waals surface area contributed by atoms with Crippen LogP contribution in [0.5, 0.6) is 5.75 Å². The highest BCUT2D eigenvalue weighted by atomic mass is 32.1. The van der Waals surface area contributed by atoms with Crippen LogP contribution in [0.2, 0.25) is 0 Å². The van der Waals surface area contributed by atoms with Gasteiger partial charge in [-0.3, -0.25) is 9.47 Å². The molecule has 0 N–H and O–H groups in total. The second kappa shape index (κ2) is 6.85. The number of nitrogens with zero attached hydrogens (tertiary/aromatic N) is 4. The smallest absolute Gasteiger partial charge is 0.231 e. The van der Waals surface area contributed by atoms with E-state index in [1.165, 1.54) is 0 Å². The van der Waals surface area contributed by atoms with Crippen LogP contribution in [-0.4, -0.2) is 23.9 Å². The van der Waals surface area contributed by atoms with E-state index in [4.69, 9.17) is 21.9 Å². The Morgan fingerprint density at radius 3 is 2.61 bits per heavy atom. The van der Waals surface area contributed by atoms with Crippen molar-refractivity contribution in [2.45, 2.75) is 6.04 Å². The predicted octanol–water partition coefficient (Wildman–Crippen LogP) is 5.14. The first-order valence-corrected chi connectivity index (χ1v) is 10.0. The molecule has 1 aromatic heterocycles. The van der Waals surface area contributed by atoms with Crippen molar-refractivity contribution in [2.24, 2.45) is 9.98 Å². The standard InChI is InChI=1S/C21H16N4OS2/c1-26-16-10-8-14(9-11-16)17-18-19(24-13-5-12-22-20(24)23-17)25(21(27)28-18)15-6-3-2-4-7-15/h2-13,17H,1H3. The summed E-state index contributed by atoms with van der Waals surface area (Å²) in [7, 11) is 1.67. The zero-order valence-electron chi connectivity index (χ0n) is 15.0. The van der Waals surface area contributed by atoms with Gasteiger partial charge in [0, 0.05) is 18.1 Å². The molecule has 0 radical (unpaired) electrons. The first kappa shape index (κ1) is 17.1. The van der Waals surface area contributed by atoms with Crippen LogP contribution in [0.4, 0.5) is 5.82 Å². The molecule has 28 heavy (non-hydrogen) atoms. The summed E-state index contributed by atoms with van der Waals surface area (Å²) >= 11 is 7.35. The van der Waals surface area contributed by atoms with Crippen molar-refractivity contribution in [1.29, 1.82) is 0 Å². The van der Waals surface area contributed by atoms with Crippen molar-refractivity contribution in [1.82, 2.24) is 4.57 Å². The Morgan fingerprint density at radius 2 is 1.86 bits per heavy atom. The first-order valence-electron chi connectivity index (χ1n) is 8.79. The molecule has 2 aliphatic heterocycles. The highest BCUT2D eigenvalue weighted by Crippen LogP contribution is 2.44. The van der Waals surface area contributed by atoms with Crippen molar-refractivity contribution in [3.05, 3.63) is 81.3 Å². The van der Waals surface area contributed by atoms with Crippen molar-refractivity contribution < 1.29 is 4.74 Å². The van der Waals surface area contributed by atoms with Crippen molar-refractivity contribution in [3.63, 3.8) is 0 Å². The Bertz CT molecular complexity index is 1170. The number of thiazole rings is 1. The van der Waals surface area contributed by atoms with Gasteiger partial charge < -0.3 is 4.74 Å². The summed E-state index contributed by atoms with van der Waals surface area (Å²) in [5.74, 6) is 2.48. The van der Waals surface area contributed by atoms with Crippen LogP contribution >= 0.6 is 23.6 Å². The van der Waals surface area contributed by atoms with E-state index in [9.17, 15) is 0 Å². The Kier molecular flexibility index (Phi) is 4.18. The third kappa shape index (κ3) is 2.71. The van der Waals surface area contributed by atoms with Gasteiger partial charge in [-0.15, -0.1) is 11.3 Å². The summed E-state index contributed by atoms with van der Waals surface area (Å²) in [6, 6.07) is 18.0. The predicted molar refractivity (Wildman–Crippen MR) is 117 cm³/mol. The van der Waals surface area contributed by atoms with Gasteiger partial charge in [-0.05, 0) is 48.1 Å². The number of hydrogen-bond donors (Lipinski definition) is 0. The minimum absolute atomic E-state index is 0.160. The van der Waals surface area contributed by atoms with Crippen LogP contribution < -0.4 is 9.64 Å². The second-order valence-corrected chi connectivity index (χ2v) is 8.00. The Balaban J connectivity index is 1.73. The fourth-order valence-corrected chi connectivity index (χ4v) is 4.92. The van der Waals surface area contributed by atoms with E-state index in [-0.39, 0.29) is 6.04 Å². The van der Waals surface area contributed by atoms with Gasteiger partial charge >= 0.3 is 0 Å². The molecule has 3 heterocycles. The molecule has 0 amide bonds. The molecule has 0 aliphatic carbocycles. The number of guanidine groups is 1. The van der Waals surface area contributed by atoms with Gasteiger partial charge in [0.05, 0.1) is 12.0 Å². The molecule has 0 saturated heterocycles. The lowest BCUT2D eigenvalue weighted by atomic mass is 10.0. The number of rotatable bonds is 3. The van der Waals surface area contributed by atoms with Crippen LogP contribution in [0.3, 0.4) is 0 Å². The largest absolute Gasteiger partial charge is 0.497 e. The topological polar surface area (TPSA) is 42.1 Å². The van der Waals surface area contributed by atoms with E-state index in [1.807, 2.05) is 59.6 Å². The van der Waals surface area contributed by atoms with Crippen LogP contribution in [-0.2, 0) is 0 Å². The number of methoxy groups -OCH3 is 1. The summed E-state index contributed by atoms with van der Waals surface area (Å²) in [4.78, 5) is 12.5. The highest BCUT2D eigenvalue weighted by Gasteiger charge is 2.33. The molecule has 2 aliphatic rings. The molecular formula is C21H16N4OS2. The van der Waals surface area contributed by atoms with E-state index in [2.05, 4.69) is 21.7 Å². The fourth-order valence-electron chi connectivity index (χ4n) is 3.40. The van der Waals surface area contributed by atoms with Gasteiger partial charge in [-0.1, -0.05) is 30.3 Å². The number of aliphatic imine (C=N–C) groups is 2. The van der Waals surface area contributed by atoms with Gasteiger partial charge in [0.2, 0.25) is 5.96 Å². The third-order valence-electron chi connectivity index (χ3n) is 4.71. The van der Waals surface area contributed by atoms with Crippen LogP contribution in [0.25, 0.3) is 5.69 Å². The molecule has 138 valence electrons. The number of aromatic nitrogens is 1. The van der Waals surface area contributed by atoms with Crippen molar-refractivity contribution in [3.8, 4) is 11.4 Å². The zero-order chi connectivity index (χ0) is 19.1. The van der Waals surface area contributed by atoms with Gasteiger partial charge in [0.1, 0.15) is 17.6 Å². The SMILES string of the molecule is COc1ccc(C2N=C3N=CC=CN3c3c2sc(=S)n3-c2ccccc2)cc1. The normalized spacial score (nSPS) is 17.1. The van der Waals surface area contributed by atoms with Crippen molar-refractivity contribution >= 4 is 41.5 Å². The summed E-state index contributed by atoms with van der Waals surface area (Å²) in [5, 5.41) is 0. The molecule has 2 aromatic carbocycles. The number of para-hydroxylation sites is 1. The summed E-state index contributed by atoms with van der Waals surface area (Å²) in [5.41, 5.74) is 2.11. The maximum atomic E-state index is 5.76. The zero-order valence-corrected chi connectivity index (χ0v) is 16.7. The lowest BCUT2D eigenvalue weighted by molar-refractivity contribution is 0.414. The second-order valence-electron chi connectivity index (χ2n) is 6.32. The van der Waals surface area contributed by atoms with E-state index in [0.717, 1.165) is 31.6 Å². The number of allylic oxidation sites excluding steroid dienone is 1. The monoisotopic (exact) mass is 404 g/mol. The minimum atomic E-state index is -0.160. The van der Waals surface area contributed by atoms with Crippen LogP contribution in [0.15, 0.2) is 76.9 Å². The average Bonchev–Trinajstić information content (AvgIpc) is 3.11. The number of benzene rings is 2. The van der Waals surface area contributed by atoms with E-state index in [1.54, 1.807) is 24.7 Å². The number of fused-ring (bicyclic) bond motifs is 3.